The highest BCUT2D eigenvalue weighted by molar-refractivity contribution is 5.93. The quantitative estimate of drug-likeness (QED) is 0.729. The van der Waals surface area contributed by atoms with Crippen LogP contribution >= 0.6 is 0 Å². The van der Waals surface area contributed by atoms with Crippen LogP contribution in [-0.4, -0.2) is 46.8 Å². The number of hydrogen-bond donors (Lipinski definition) is 3. The van der Waals surface area contributed by atoms with Crippen molar-refractivity contribution in [3.05, 3.63) is 29.8 Å². The van der Waals surface area contributed by atoms with Crippen LogP contribution in [0.25, 0.3) is 0 Å². The van der Waals surface area contributed by atoms with Crippen molar-refractivity contribution in [3.63, 3.8) is 0 Å². The minimum Gasteiger partial charge on any atom is -0.478 e. The zero-order valence-electron chi connectivity index (χ0n) is 10.8. The lowest BCUT2D eigenvalue weighted by Crippen LogP contribution is -2.37. The summed E-state index contributed by atoms with van der Waals surface area (Å²) in [6.45, 7) is 2.61. The van der Waals surface area contributed by atoms with Gasteiger partial charge in [-0.15, -0.1) is 0 Å². The van der Waals surface area contributed by atoms with Gasteiger partial charge < -0.3 is 20.4 Å². The fraction of sp³-hybridized carbons (Fsp3) is 0.385. The predicted molar refractivity (Wildman–Crippen MR) is 71.4 cm³/mol. The van der Waals surface area contributed by atoms with Gasteiger partial charge in [0.2, 0.25) is 0 Å². The average molecular weight is 266 g/mol. The largest absolute Gasteiger partial charge is 0.478 e. The van der Waals surface area contributed by atoms with E-state index in [9.17, 15) is 9.59 Å². The van der Waals surface area contributed by atoms with Gasteiger partial charge in [-0.05, 0) is 24.6 Å². The monoisotopic (exact) mass is 266 g/mol. The highest BCUT2D eigenvalue weighted by Crippen LogP contribution is 2.11. The Morgan fingerprint density at radius 1 is 1.32 bits per heavy atom. The number of nitrogens with one attached hydrogen (secondary N) is 1. The topological polar surface area (TPSA) is 89.9 Å². The van der Waals surface area contributed by atoms with Gasteiger partial charge in [0.15, 0.2) is 0 Å². The third-order valence-corrected chi connectivity index (χ3v) is 2.51. The third kappa shape index (κ3) is 4.59. The first-order valence-corrected chi connectivity index (χ1v) is 6.08. The van der Waals surface area contributed by atoms with E-state index in [1.54, 1.807) is 12.1 Å². The van der Waals surface area contributed by atoms with Crippen LogP contribution in [0.1, 0.15) is 23.7 Å². The predicted octanol–water partition coefficient (Wildman–Crippen LogP) is 1.62. The molecule has 0 aliphatic carbocycles. The maximum absolute atomic E-state index is 11.9. The molecule has 0 saturated heterocycles. The van der Waals surface area contributed by atoms with Crippen molar-refractivity contribution in [1.82, 2.24) is 4.90 Å². The van der Waals surface area contributed by atoms with Crippen molar-refractivity contribution in [2.45, 2.75) is 13.3 Å². The number of benzene rings is 1. The van der Waals surface area contributed by atoms with E-state index in [0.717, 1.165) is 6.42 Å². The van der Waals surface area contributed by atoms with Gasteiger partial charge in [-0.2, -0.15) is 0 Å². The molecule has 0 aliphatic rings. The molecule has 0 aromatic heterocycles. The number of urea groups is 1. The van der Waals surface area contributed by atoms with Crippen molar-refractivity contribution >= 4 is 17.7 Å². The number of carboxylic acid groups (broad SMARTS) is 1. The number of rotatable bonds is 6. The summed E-state index contributed by atoms with van der Waals surface area (Å²) in [5, 5.41) is 20.4. The molecule has 6 nitrogen and oxygen atoms in total. The summed E-state index contributed by atoms with van der Waals surface area (Å²) in [7, 11) is 0. The summed E-state index contributed by atoms with van der Waals surface area (Å²) in [4.78, 5) is 24.2. The van der Waals surface area contributed by atoms with Gasteiger partial charge in [-0.25, -0.2) is 9.59 Å². The number of aromatic carboxylic acids is 1. The smallest absolute Gasteiger partial charge is 0.335 e. The van der Waals surface area contributed by atoms with Crippen LogP contribution in [0.2, 0.25) is 0 Å². The molecule has 19 heavy (non-hydrogen) atoms. The fourth-order valence-electron chi connectivity index (χ4n) is 1.64. The SMILES string of the molecule is CCCN(CCO)C(=O)Nc1cccc(C(=O)O)c1. The number of anilines is 1. The number of amides is 2. The summed E-state index contributed by atoms with van der Waals surface area (Å²) in [6, 6.07) is 5.68. The molecule has 0 aliphatic heterocycles. The summed E-state index contributed by atoms with van der Waals surface area (Å²) >= 11 is 0. The molecule has 0 unspecified atom stereocenters. The van der Waals surface area contributed by atoms with E-state index in [1.807, 2.05) is 6.92 Å². The average Bonchev–Trinajstić information content (AvgIpc) is 2.38. The number of hydrogen-bond acceptors (Lipinski definition) is 3. The zero-order chi connectivity index (χ0) is 14.3. The fourth-order valence-corrected chi connectivity index (χ4v) is 1.64. The minimum absolute atomic E-state index is 0.109. The Labute approximate surface area is 111 Å². The second kappa shape index (κ2) is 7.38. The van der Waals surface area contributed by atoms with E-state index >= 15 is 0 Å². The molecule has 0 spiro atoms. The molecule has 0 heterocycles. The van der Waals surface area contributed by atoms with E-state index in [4.69, 9.17) is 10.2 Å². The van der Waals surface area contributed by atoms with E-state index in [2.05, 4.69) is 5.32 Å². The molecule has 2 amide bonds. The minimum atomic E-state index is -1.04. The number of carbonyl (C=O) groups is 2. The molecular formula is C13H18N2O4. The molecule has 6 heteroatoms. The Balaban J connectivity index is 2.74. The van der Waals surface area contributed by atoms with E-state index < -0.39 is 5.97 Å². The lowest BCUT2D eigenvalue weighted by molar-refractivity contribution is 0.0697. The van der Waals surface area contributed by atoms with Crippen LogP contribution in [0.15, 0.2) is 24.3 Å². The highest BCUT2D eigenvalue weighted by atomic mass is 16.4. The molecule has 3 N–H and O–H groups in total. The van der Waals surface area contributed by atoms with Crippen LogP contribution in [0, 0.1) is 0 Å². The van der Waals surface area contributed by atoms with E-state index in [0.29, 0.717) is 12.2 Å². The Bertz CT molecular complexity index is 442. The van der Waals surface area contributed by atoms with Crippen molar-refractivity contribution in [2.24, 2.45) is 0 Å². The van der Waals surface area contributed by atoms with Crippen molar-refractivity contribution < 1.29 is 19.8 Å². The molecule has 1 aromatic carbocycles. The number of carbonyl (C=O) groups excluding carboxylic acids is 1. The number of nitrogens with zero attached hydrogens (tertiary/aromatic N) is 1. The molecule has 0 bridgehead atoms. The zero-order valence-corrected chi connectivity index (χ0v) is 10.8. The maximum atomic E-state index is 11.9. The van der Waals surface area contributed by atoms with Crippen LogP contribution in [0.3, 0.4) is 0 Å². The third-order valence-electron chi connectivity index (χ3n) is 2.51. The van der Waals surface area contributed by atoms with Gasteiger partial charge in [0.1, 0.15) is 0 Å². The van der Waals surface area contributed by atoms with E-state index in [1.165, 1.54) is 17.0 Å². The maximum Gasteiger partial charge on any atom is 0.335 e. The summed E-state index contributed by atoms with van der Waals surface area (Å²) in [6.07, 6.45) is 0.780. The Morgan fingerprint density at radius 2 is 2.05 bits per heavy atom. The Hall–Kier alpha value is -2.08. The molecule has 0 fully saturated rings. The highest BCUT2D eigenvalue weighted by Gasteiger charge is 2.12. The molecule has 0 saturated carbocycles. The van der Waals surface area contributed by atoms with Gasteiger partial charge in [0, 0.05) is 18.8 Å². The normalized spacial score (nSPS) is 10.0. The van der Waals surface area contributed by atoms with Crippen LogP contribution in [-0.2, 0) is 0 Å². The second-order valence-electron chi connectivity index (χ2n) is 4.03. The standard InChI is InChI=1S/C13H18N2O4/c1-2-6-15(7-8-16)13(19)14-11-5-3-4-10(9-11)12(17)18/h3-5,9,16H,2,6-8H2,1H3,(H,14,19)(H,17,18). The molecule has 0 radical (unpaired) electrons. The lowest BCUT2D eigenvalue weighted by atomic mass is 10.2. The molecule has 0 atom stereocenters. The van der Waals surface area contributed by atoms with Crippen LogP contribution in [0.5, 0.6) is 0 Å². The number of carboxylic acids is 1. The molecular weight excluding hydrogens is 248 g/mol. The van der Waals surface area contributed by atoms with Gasteiger partial charge >= 0.3 is 12.0 Å². The molecule has 1 rings (SSSR count). The van der Waals surface area contributed by atoms with Gasteiger partial charge in [-0.3, -0.25) is 0 Å². The summed E-state index contributed by atoms with van der Waals surface area (Å²) < 4.78 is 0. The van der Waals surface area contributed by atoms with Crippen molar-refractivity contribution in [1.29, 1.82) is 0 Å². The summed E-state index contributed by atoms with van der Waals surface area (Å²) in [5.74, 6) is -1.04. The molecule has 1 aromatic rings. The lowest BCUT2D eigenvalue weighted by Gasteiger charge is -2.21. The molecule has 104 valence electrons. The first-order chi connectivity index (χ1) is 9.08. The Kier molecular flexibility index (Phi) is 5.81. The number of aliphatic hydroxyl groups excluding tert-OH is 1. The van der Waals surface area contributed by atoms with E-state index in [-0.39, 0.29) is 24.7 Å². The van der Waals surface area contributed by atoms with Gasteiger partial charge in [-0.1, -0.05) is 13.0 Å². The van der Waals surface area contributed by atoms with Crippen LogP contribution in [0.4, 0.5) is 10.5 Å². The Morgan fingerprint density at radius 3 is 2.63 bits per heavy atom. The van der Waals surface area contributed by atoms with Crippen molar-refractivity contribution in [2.75, 3.05) is 25.0 Å². The van der Waals surface area contributed by atoms with Gasteiger partial charge in [0.05, 0.1) is 12.2 Å². The van der Waals surface area contributed by atoms with Crippen molar-refractivity contribution in [3.8, 4) is 0 Å². The first-order valence-electron chi connectivity index (χ1n) is 6.08. The second-order valence-corrected chi connectivity index (χ2v) is 4.03. The summed E-state index contributed by atoms with van der Waals surface area (Å²) in [5.41, 5.74) is 0.533. The number of aliphatic hydroxyl groups is 1. The van der Waals surface area contributed by atoms with Gasteiger partial charge in [0.25, 0.3) is 0 Å². The van der Waals surface area contributed by atoms with Crippen LogP contribution < -0.4 is 5.32 Å². The first kappa shape index (κ1) is 15.0.